The van der Waals surface area contributed by atoms with E-state index in [9.17, 15) is 10.2 Å². The van der Waals surface area contributed by atoms with Crippen LogP contribution in [0.3, 0.4) is 0 Å². The van der Waals surface area contributed by atoms with Crippen LogP contribution in [0.25, 0.3) is 0 Å². The minimum Gasteiger partial charge on any atom is -0.393 e. The second-order valence-electron chi connectivity index (χ2n) is 3.95. The third kappa shape index (κ3) is 4.45. The number of aliphatic hydroxyl groups excluding tert-OH is 2. The molecule has 84 valence electrons. The zero-order valence-electron chi connectivity index (χ0n) is 9.26. The number of hydrogen-bond donors (Lipinski definition) is 2. The van der Waals surface area contributed by atoms with E-state index in [1.54, 1.807) is 0 Å². The Hall–Kier alpha value is -0.860. The van der Waals surface area contributed by atoms with Gasteiger partial charge in [0.1, 0.15) is 0 Å². The SMILES string of the molecule is CCCC(O)CCC(O)c1ccccc1. The predicted octanol–water partition coefficient (Wildman–Crippen LogP) is 2.66. The molecule has 0 bridgehead atoms. The lowest BCUT2D eigenvalue weighted by atomic mass is 10.0. The molecule has 0 aliphatic carbocycles. The molecule has 15 heavy (non-hydrogen) atoms. The lowest BCUT2D eigenvalue weighted by molar-refractivity contribution is 0.109. The Balaban J connectivity index is 2.33. The van der Waals surface area contributed by atoms with Crippen molar-refractivity contribution in [2.24, 2.45) is 0 Å². The largest absolute Gasteiger partial charge is 0.393 e. The maximum absolute atomic E-state index is 9.83. The zero-order chi connectivity index (χ0) is 11.1. The normalized spacial score (nSPS) is 14.9. The van der Waals surface area contributed by atoms with Gasteiger partial charge in [0.2, 0.25) is 0 Å². The van der Waals surface area contributed by atoms with Gasteiger partial charge < -0.3 is 10.2 Å². The van der Waals surface area contributed by atoms with E-state index in [0.717, 1.165) is 18.4 Å². The maximum atomic E-state index is 9.83. The highest BCUT2D eigenvalue weighted by Gasteiger charge is 2.09. The van der Waals surface area contributed by atoms with Crippen molar-refractivity contribution in [2.45, 2.75) is 44.8 Å². The first-order valence-corrected chi connectivity index (χ1v) is 5.65. The topological polar surface area (TPSA) is 40.5 Å². The van der Waals surface area contributed by atoms with E-state index < -0.39 is 6.10 Å². The molecular weight excluding hydrogens is 188 g/mol. The lowest BCUT2D eigenvalue weighted by Gasteiger charge is -2.13. The van der Waals surface area contributed by atoms with E-state index in [1.165, 1.54) is 0 Å². The smallest absolute Gasteiger partial charge is 0.0791 e. The van der Waals surface area contributed by atoms with Crippen LogP contribution in [-0.4, -0.2) is 16.3 Å². The summed E-state index contributed by atoms with van der Waals surface area (Å²) >= 11 is 0. The van der Waals surface area contributed by atoms with E-state index in [1.807, 2.05) is 30.3 Å². The summed E-state index contributed by atoms with van der Waals surface area (Å²) in [5, 5.41) is 19.4. The molecule has 0 aromatic heterocycles. The van der Waals surface area contributed by atoms with Gasteiger partial charge in [-0.1, -0.05) is 43.7 Å². The van der Waals surface area contributed by atoms with Crippen LogP contribution >= 0.6 is 0 Å². The van der Waals surface area contributed by atoms with Crippen molar-refractivity contribution in [3.63, 3.8) is 0 Å². The average molecular weight is 208 g/mol. The van der Waals surface area contributed by atoms with E-state index in [2.05, 4.69) is 6.92 Å². The van der Waals surface area contributed by atoms with Gasteiger partial charge in [-0.2, -0.15) is 0 Å². The molecule has 0 aliphatic rings. The zero-order valence-corrected chi connectivity index (χ0v) is 9.26. The summed E-state index contributed by atoms with van der Waals surface area (Å²) in [6, 6.07) is 9.60. The van der Waals surface area contributed by atoms with Crippen molar-refractivity contribution < 1.29 is 10.2 Å². The monoisotopic (exact) mass is 208 g/mol. The van der Waals surface area contributed by atoms with Crippen molar-refractivity contribution in [1.29, 1.82) is 0 Å². The highest BCUT2D eigenvalue weighted by molar-refractivity contribution is 5.17. The predicted molar refractivity (Wildman–Crippen MR) is 61.6 cm³/mol. The first-order chi connectivity index (χ1) is 7.24. The molecule has 2 N–H and O–H groups in total. The van der Waals surface area contributed by atoms with Crippen LogP contribution in [0.4, 0.5) is 0 Å². The molecule has 2 nitrogen and oxygen atoms in total. The molecule has 1 rings (SSSR count). The van der Waals surface area contributed by atoms with Gasteiger partial charge in [-0.3, -0.25) is 0 Å². The minimum absolute atomic E-state index is 0.270. The van der Waals surface area contributed by atoms with Crippen LogP contribution in [0, 0.1) is 0 Å². The van der Waals surface area contributed by atoms with Crippen LogP contribution < -0.4 is 0 Å². The first kappa shape index (κ1) is 12.2. The Morgan fingerprint density at radius 3 is 2.27 bits per heavy atom. The van der Waals surface area contributed by atoms with Gasteiger partial charge in [0, 0.05) is 0 Å². The second kappa shape index (κ2) is 6.59. The van der Waals surface area contributed by atoms with Gasteiger partial charge in [0.25, 0.3) is 0 Å². The molecule has 0 amide bonds. The molecule has 0 radical (unpaired) electrons. The Morgan fingerprint density at radius 1 is 1.00 bits per heavy atom. The maximum Gasteiger partial charge on any atom is 0.0791 e. The molecule has 2 heteroatoms. The Kier molecular flexibility index (Phi) is 5.37. The van der Waals surface area contributed by atoms with Crippen LogP contribution in [0.15, 0.2) is 30.3 Å². The number of aliphatic hydroxyl groups is 2. The van der Waals surface area contributed by atoms with E-state index in [-0.39, 0.29) is 6.10 Å². The number of benzene rings is 1. The Bertz CT molecular complexity index is 258. The van der Waals surface area contributed by atoms with Crippen LogP contribution in [0.1, 0.15) is 44.3 Å². The van der Waals surface area contributed by atoms with Crippen LogP contribution in [0.5, 0.6) is 0 Å². The number of hydrogen-bond acceptors (Lipinski definition) is 2. The summed E-state index contributed by atoms with van der Waals surface area (Å²) in [6.45, 7) is 2.05. The summed E-state index contributed by atoms with van der Waals surface area (Å²) in [5.41, 5.74) is 0.932. The van der Waals surface area contributed by atoms with E-state index in [0.29, 0.717) is 12.8 Å². The van der Waals surface area contributed by atoms with E-state index in [4.69, 9.17) is 0 Å². The highest BCUT2D eigenvalue weighted by atomic mass is 16.3. The molecule has 2 atom stereocenters. The lowest BCUT2D eigenvalue weighted by Crippen LogP contribution is -2.08. The molecular formula is C13H20O2. The van der Waals surface area contributed by atoms with Crippen molar-refractivity contribution in [3.8, 4) is 0 Å². The second-order valence-corrected chi connectivity index (χ2v) is 3.95. The summed E-state index contributed by atoms with van der Waals surface area (Å²) in [4.78, 5) is 0. The summed E-state index contributed by atoms with van der Waals surface area (Å²) in [5.74, 6) is 0. The van der Waals surface area contributed by atoms with Gasteiger partial charge >= 0.3 is 0 Å². The highest BCUT2D eigenvalue weighted by Crippen LogP contribution is 2.19. The fourth-order valence-electron chi connectivity index (χ4n) is 1.67. The quantitative estimate of drug-likeness (QED) is 0.754. The van der Waals surface area contributed by atoms with Crippen molar-refractivity contribution in [3.05, 3.63) is 35.9 Å². The van der Waals surface area contributed by atoms with Gasteiger partial charge in [-0.05, 0) is 24.8 Å². The fraction of sp³-hybridized carbons (Fsp3) is 0.538. The Morgan fingerprint density at radius 2 is 1.67 bits per heavy atom. The standard InChI is InChI=1S/C13H20O2/c1-2-6-12(14)9-10-13(15)11-7-4-3-5-8-11/h3-5,7-8,12-15H,2,6,9-10H2,1H3. The summed E-state index contributed by atoms with van der Waals surface area (Å²) in [6.07, 6.45) is 2.39. The molecule has 0 heterocycles. The van der Waals surface area contributed by atoms with Gasteiger partial charge in [-0.15, -0.1) is 0 Å². The molecule has 0 aliphatic heterocycles. The third-order valence-corrected chi connectivity index (χ3v) is 2.58. The van der Waals surface area contributed by atoms with Crippen molar-refractivity contribution in [2.75, 3.05) is 0 Å². The molecule has 0 fully saturated rings. The number of rotatable bonds is 6. The molecule has 1 aromatic carbocycles. The van der Waals surface area contributed by atoms with Gasteiger partial charge in [-0.25, -0.2) is 0 Å². The average Bonchev–Trinajstić information content (AvgIpc) is 2.27. The molecule has 0 saturated heterocycles. The third-order valence-electron chi connectivity index (χ3n) is 2.58. The molecule has 0 spiro atoms. The van der Waals surface area contributed by atoms with Crippen LogP contribution in [0.2, 0.25) is 0 Å². The fourth-order valence-corrected chi connectivity index (χ4v) is 1.67. The van der Waals surface area contributed by atoms with Crippen molar-refractivity contribution in [1.82, 2.24) is 0 Å². The minimum atomic E-state index is -0.447. The van der Waals surface area contributed by atoms with Gasteiger partial charge in [0.15, 0.2) is 0 Å². The van der Waals surface area contributed by atoms with Crippen LogP contribution in [-0.2, 0) is 0 Å². The summed E-state index contributed by atoms with van der Waals surface area (Å²) < 4.78 is 0. The molecule has 1 aromatic rings. The van der Waals surface area contributed by atoms with E-state index >= 15 is 0 Å². The first-order valence-electron chi connectivity index (χ1n) is 5.65. The Labute approximate surface area is 91.6 Å². The molecule has 2 unspecified atom stereocenters. The molecule has 0 saturated carbocycles. The summed E-state index contributed by atoms with van der Waals surface area (Å²) in [7, 11) is 0. The van der Waals surface area contributed by atoms with Crippen molar-refractivity contribution >= 4 is 0 Å². The van der Waals surface area contributed by atoms with Gasteiger partial charge in [0.05, 0.1) is 12.2 Å².